The van der Waals surface area contributed by atoms with Crippen LogP contribution in [0.2, 0.25) is 0 Å². The zero-order valence-corrected chi connectivity index (χ0v) is 16.0. The number of benzene rings is 1. The fraction of sp³-hybridized carbons (Fsp3) is 0.632. The van der Waals surface area contributed by atoms with E-state index >= 15 is 0 Å². The molecule has 0 bridgehead atoms. The smallest absolute Gasteiger partial charge is 0.149 e. The second-order valence-electron chi connectivity index (χ2n) is 7.58. The lowest BCUT2D eigenvalue weighted by Crippen LogP contribution is -2.66. The Morgan fingerprint density at radius 3 is 2.12 bits per heavy atom. The molecule has 1 aromatic carbocycles. The topological polar surface area (TPSA) is 20.3 Å². The van der Waals surface area contributed by atoms with Crippen LogP contribution in [-0.2, 0) is 4.79 Å². The molecule has 2 fully saturated rings. The third kappa shape index (κ3) is 3.65. The van der Waals surface area contributed by atoms with Crippen molar-refractivity contribution in [3.63, 3.8) is 0 Å². The lowest BCUT2D eigenvalue weighted by atomic mass is 9.87. The summed E-state index contributed by atoms with van der Waals surface area (Å²) >= 11 is 13.3. The average Bonchev–Trinajstić information content (AvgIpc) is 2.60. The van der Waals surface area contributed by atoms with Gasteiger partial charge in [0, 0.05) is 13.1 Å². The zero-order chi connectivity index (χ0) is 17.3. The largest absolute Gasteiger partial charge is 0.320 e. The molecule has 1 spiro atoms. The molecule has 132 valence electrons. The molecule has 0 N–H and O–H groups in total. The second kappa shape index (κ2) is 7.33. The molecule has 24 heavy (non-hydrogen) atoms. The van der Waals surface area contributed by atoms with Crippen molar-refractivity contribution in [2.45, 2.75) is 24.7 Å². The number of alkyl halides is 2. The van der Waals surface area contributed by atoms with Crippen molar-refractivity contribution in [2.75, 3.05) is 39.3 Å². The summed E-state index contributed by atoms with van der Waals surface area (Å²) in [4.78, 5) is 14.4. The molecule has 2 aliphatic heterocycles. The Bertz CT molecular complexity index is 556. The number of piperidine rings is 1. The highest BCUT2D eigenvalue weighted by atomic mass is 35.5. The molecular weight excluding hydrogens is 343 g/mol. The minimum Gasteiger partial charge on any atom is -0.320 e. The van der Waals surface area contributed by atoms with E-state index < -0.39 is 0 Å². The minimum atomic E-state index is -0.208. The first-order valence-electron chi connectivity index (χ1n) is 8.88. The molecule has 0 saturated carbocycles. The highest BCUT2D eigenvalue weighted by molar-refractivity contribution is 6.29. The molecule has 5 heteroatoms. The Morgan fingerprint density at radius 1 is 1.04 bits per heavy atom. The fourth-order valence-corrected chi connectivity index (χ4v) is 5.04. The van der Waals surface area contributed by atoms with Crippen molar-refractivity contribution in [1.29, 1.82) is 0 Å². The van der Waals surface area contributed by atoms with Gasteiger partial charge >= 0.3 is 0 Å². The maximum Gasteiger partial charge on any atom is 0.149 e. The SMILES string of the molecule is CC1C[N+]2(CCN(C(Cl)C(Cl)c3ccccc3)CC2)CC(C)C1=O. The van der Waals surface area contributed by atoms with E-state index in [1.165, 1.54) is 0 Å². The van der Waals surface area contributed by atoms with Gasteiger partial charge in [0.2, 0.25) is 0 Å². The van der Waals surface area contributed by atoms with Gasteiger partial charge in [0.05, 0.1) is 43.4 Å². The Kier molecular flexibility index (Phi) is 5.55. The molecule has 2 saturated heterocycles. The first-order valence-corrected chi connectivity index (χ1v) is 9.75. The van der Waals surface area contributed by atoms with Gasteiger partial charge in [0.1, 0.15) is 11.3 Å². The predicted octanol–water partition coefficient (Wildman–Crippen LogP) is 3.52. The van der Waals surface area contributed by atoms with Crippen LogP contribution in [0.5, 0.6) is 0 Å². The molecule has 4 unspecified atom stereocenters. The lowest BCUT2D eigenvalue weighted by molar-refractivity contribution is -0.938. The number of Topliss-reactive ketones (excluding diaryl/α,β-unsaturated/α-hetero) is 1. The number of carbonyl (C=O) groups is 1. The summed E-state index contributed by atoms with van der Waals surface area (Å²) in [6, 6.07) is 10.1. The maximum atomic E-state index is 12.1. The van der Waals surface area contributed by atoms with Crippen LogP contribution in [0.4, 0.5) is 0 Å². The van der Waals surface area contributed by atoms with Crippen molar-refractivity contribution in [1.82, 2.24) is 4.90 Å². The molecule has 2 heterocycles. The van der Waals surface area contributed by atoms with Gasteiger partial charge in [-0.15, -0.1) is 23.2 Å². The molecule has 0 radical (unpaired) electrons. The van der Waals surface area contributed by atoms with Crippen LogP contribution in [0.15, 0.2) is 30.3 Å². The number of nitrogens with zero attached hydrogens (tertiary/aromatic N) is 2. The monoisotopic (exact) mass is 369 g/mol. The van der Waals surface area contributed by atoms with E-state index in [2.05, 4.69) is 18.7 Å². The van der Waals surface area contributed by atoms with Gasteiger partial charge < -0.3 is 4.48 Å². The van der Waals surface area contributed by atoms with Crippen molar-refractivity contribution in [3.05, 3.63) is 35.9 Å². The van der Waals surface area contributed by atoms with Crippen LogP contribution in [0.1, 0.15) is 24.8 Å². The van der Waals surface area contributed by atoms with Gasteiger partial charge in [-0.3, -0.25) is 9.69 Å². The summed E-state index contributed by atoms with van der Waals surface area (Å²) in [7, 11) is 0. The van der Waals surface area contributed by atoms with E-state index in [1.807, 2.05) is 30.3 Å². The van der Waals surface area contributed by atoms with Gasteiger partial charge in [-0.05, 0) is 5.56 Å². The predicted molar refractivity (Wildman–Crippen MR) is 99.3 cm³/mol. The highest BCUT2D eigenvalue weighted by Crippen LogP contribution is 2.33. The van der Waals surface area contributed by atoms with Crippen molar-refractivity contribution >= 4 is 29.0 Å². The number of halogens is 2. The number of hydrogen-bond acceptors (Lipinski definition) is 2. The van der Waals surface area contributed by atoms with Gasteiger partial charge in [-0.1, -0.05) is 44.2 Å². The molecule has 1 aromatic rings. The van der Waals surface area contributed by atoms with Gasteiger partial charge in [0.25, 0.3) is 0 Å². The summed E-state index contributed by atoms with van der Waals surface area (Å²) in [6.07, 6.45) is 0. The maximum absolute atomic E-state index is 12.1. The molecule has 2 aliphatic rings. The zero-order valence-electron chi connectivity index (χ0n) is 14.5. The second-order valence-corrected chi connectivity index (χ2v) is 8.50. The summed E-state index contributed by atoms with van der Waals surface area (Å²) in [5, 5.41) is -0.208. The first-order chi connectivity index (χ1) is 11.4. The Morgan fingerprint density at radius 2 is 1.58 bits per heavy atom. The van der Waals surface area contributed by atoms with Crippen LogP contribution >= 0.6 is 23.2 Å². The van der Waals surface area contributed by atoms with Crippen LogP contribution < -0.4 is 0 Å². The molecule has 0 aliphatic carbocycles. The molecular formula is C19H27Cl2N2O+. The van der Waals surface area contributed by atoms with Gasteiger partial charge in [0.15, 0.2) is 0 Å². The standard InChI is InChI=1S/C19H27Cl2N2O/c1-14-12-23(13-15(2)18(14)24)10-8-22(9-11-23)19(21)17(20)16-6-4-3-5-7-16/h3-7,14-15,17,19H,8-13H2,1-2H3/q+1. The number of carbonyl (C=O) groups excluding carboxylic acids is 1. The number of ketones is 1. The fourth-order valence-electron chi connectivity index (χ4n) is 4.40. The highest BCUT2D eigenvalue weighted by Gasteiger charge is 2.44. The van der Waals surface area contributed by atoms with E-state index in [0.717, 1.165) is 49.3 Å². The summed E-state index contributed by atoms with van der Waals surface area (Å²) in [5.41, 5.74) is 0.870. The molecule has 0 aromatic heterocycles. The van der Waals surface area contributed by atoms with Gasteiger partial charge in [-0.2, -0.15) is 0 Å². The number of piperazine rings is 1. The lowest BCUT2D eigenvalue weighted by Gasteiger charge is -2.50. The van der Waals surface area contributed by atoms with E-state index in [4.69, 9.17) is 23.2 Å². The minimum absolute atomic E-state index is 0.178. The first kappa shape index (κ1) is 18.2. The third-order valence-corrected chi connectivity index (χ3v) is 6.87. The van der Waals surface area contributed by atoms with E-state index in [-0.39, 0.29) is 22.7 Å². The summed E-state index contributed by atoms with van der Waals surface area (Å²) < 4.78 is 1.06. The van der Waals surface area contributed by atoms with Crippen LogP contribution in [0, 0.1) is 11.8 Å². The number of quaternary nitrogens is 1. The normalized spacial score (nSPS) is 30.2. The molecule has 4 atom stereocenters. The van der Waals surface area contributed by atoms with E-state index in [1.54, 1.807) is 0 Å². The van der Waals surface area contributed by atoms with Crippen LogP contribution in [0.3, 0.4) is 0 Å². The van der Waals surface area contributed by atoms with Gasteiger partial charge in [-0.25, -0.2) is 0 Å². The molecule has 3 rings (SSSR count). The Balaban J connectivity index is 1.61. The number of hydrogen-bond donors (Lipinski definition) is 0. The average molecular weight is 370 g/mol. The summed E-state index contributed by atoms with van der Waals surface area (Å²) in [5.74, 6) is 0.788. The van der Waals surface area contributed by atoms with Crippen LogP contribution in [-0.4, -0.2) is 59.9 Å². The van der Waals surface area contributed by atoms with Crippen molar-refractivity contribution in [2.24, 2.45) is 11.8 Å². The van der Waals surface area contributed by atoms with Crippen molar-refractivity contribution < 1.29 is 9.28 Å². The Hall–Kier alpha value is -0.610. The number of rotatable bonds is 3. The quantitative estimate of drug-likeness (QED) is 0.461. The Labute approximate surface area is 155 Å². The summed E-state index contributed by atoms with van der Waals surface area (Å²) in [6.45, 7) is 10.1. The molecule has 3 nitrogen and oxygen atoms in total. The molecule has 0 amide bonds. The van der Waals surface area contributed by atoms with E-state index in [9.17, 15) is 4.79 Å². The van der Waals surface area contributed by atoms with Crippen molar-refractivity contribution in [3.8, 4) is 0 Å². The third-order valence-electron chi connectivity index (χ3n) is 5.73. The van der Waals surface area contributed by atoms with Crippen LogP contribution in [0.25, 0.3) is 0 Å². The van der Waals surface area contributed by atoms with E-state index in [0.29, 0.717) is 5.78 Å².